The minimum absolute atomic E-state index is 0.0813. The van der Waals surface area contributed by atoms with Gasteiger partial charge in [0.1, 0.15) is 0 Å². The Morgan fingerprint density at radius 3 is 2.33 bits per heavy atom. The molecule has 0 bridgehead atoms. The van der Waals surface area contributed by atoms with Crippen molar-refractivity contribution in [2.75, 3.05) is 6.61 Å². The summed E-state index contributed by atoms with van der Waals surface area (Å²) in [6.07, 6.45) is 0. The summed E-state index contributed by atoms with van der Waals surface area (Å²) in [4.78, 5) is 3.22. The monoisotopic (exact) mass is 344 g/mol. The molecule has 0 aliphatic carbocycles. The average Bonchev–Trinajstić information content (AvgIpc) is 2.47. The van der Waals surface area contributed by atoms with E-state index < -0.39 is 0 Å². The standard InChI is InChI=1S/C19H20OSe/c1-19(2,3)17-12-7-8-13-18(17)20-14-9-15-21-16-10-5-4-6-11-16/h4-8,10-13H,14H2,1-3H3. The third-order valence-corrected chi connectivity index (χ3v) is 4.56. The van der Waals surface area contributed by atoms with Crippen LogP contribution in [0.1, 0.15) is 26.3 Å². The number of para-hydroxylation sites is 1. The van der Waals surface area contributed by atoms with Gasteiger partial charge < -0.3 is 0 Å². The van der Waals surface area contributed by atoms with Crippen LogP contribution < -0.4 is 9.20 Å². The van der Waals surface area contributed by atoms with Crippen molar-refractivity contribution in [1.29, 1.82) is 0 Å². The third kappa shape index (κ3) is 4.97. The van der Waals surface area contributed by atoms with E-state index >= 15 is 0 Å². The zero-order valence-electron chi connectivity index (χ0n) is 12.7. The van der Waals surface area contributed by atoms with Crippen molar-refractivity contribution < 1.29 is 4.74 Å². The van der Waals surface area contributed by atoms with Crippen LogP contribution >= 0.6 is 0 Å². The van der Waals surface area contributed by atoms with Crippen LogP contribution in [0.2, 0.25) is 0 Å². The summed E-state index contributed by atoms with van der Waals surface area (Å²) in [7, 11) is 0. The zero-order chi connectivity index (χ0) is 15.1. The Kier molecular flexibility index (Phi) is 5.51. The van der Waals surface area contributed by atoms with Gasteiger partial charge in [-0.05, 0) is 0 Å². The second kappa shape index (κ2) is 7.36. The van der Waals surface area contributed by atoms with Crippen LogP contribution in [-0.4, -0.2) is 21.6 Å². The molecular weight excluding hydrogens is 323 g/mol. The van der Waals surface area contributed by atoms with Gasteiger partial charge in [-0.2, -0.15) is 0 Å². The maximum absolute atomic E-state index is 5.84. The first-order valence-corrected chi connectivity index (χ1v) is 8.71. The summed E-state index contributed by atoms with van der Waals surface area (Å²) in [5.74, 6) is 4.05. The minimum atomic E-state index is 0.0813. The Balaban J connectivity index is 1.93. The van der Waals surface area contributed by atoms with E-state index in [1.807, 2.05) is 18.2 Å². The van der Waals surface area contributed by atoms with Gasteiger partial charge in [-0.3, -0.25) is 0 Å². The van der Waals surface area contributed by atoms with Crippen molar-refractivity contribution in [2.45, 2.75) is 26.2 Å². The summed E-state index contributed by atoms with van der Waals surface area (Å²) >= 11 is 0.203. The van der Waals surface area contributed by atoms with E-state index in [9.17, 15) is 0 Å². The fraction of sp³-hybridized carbons (Fsp3) is 0.263. The first kappa shape index (κ1) is 15.7. The molecule has 0 aliphatic rings. The molecule has 0 amide bonds. The molecule has 0 saturated carbocycles. The van der Waals surface area contributed by atoms with Gasteiger partial charge in [-0.25, -0.2) is 0 Å². The van der Waals surface area contributed by atoms with E-state index in [-0.39, 0.29) is 20.4 Å². The van der Waals surface area contributed by atoms with Crippen molar-refractivity contribution in [3.63, 3.8) is 0 Å². The molecule has 0 aromatic heterocycles. The predicted octanol–water partition coefficient (Wildman–Crippen LogP) is 3.35. The molecule has 0 spiro atoms. The number of hydrogen-bond donors (Lipinski definition) is 0. The van der Waals surface area contributed by atoms with Gasteiger partial charge in [0.15, 0.2) is 0 Å². The van der Waals surface area contributed by atoms with Gasteiger partial charge in [0, 0.05) is 0 Å². The number of benzene rings is 2. The van der Waals surface area contributed by atoms with Crippen molar-refractivity contribution in [1.82, 2.24) is 0 Å². The average molecular weight is 343 g/mol. The zero-order valence-corrected chi connectivity index (χ0v) is 14.4. The van der Waals surface area contributed by atoms with Crippen molar-refractivity contribution in [2.24, 2.45) is 0 Å². The van der Waals surface area contributed by atoms with Crippen LogP contribution in [0.15, 0.2) is 54.6 Å². The molecule has 0 N–H and O–H groups in total. The second-order valence-corrected chi connectivity index (χ2v) is 7.57. The molecule has 0 radical (unpaired) electrons. The van der Waals surface area contributed by atoms with Gasteiger partial charge in [0.25, 0.3) is 0 Å². The second-order valence-electron chi connectivity index (χ2n) is 5.73. The van der Waals surface area contributed by atoms with Crippen LogP contribution in [0.4, 0.5) is 0 Å². The van der Waals surface area contributed by atoms with E-state index in [4.69, 9.17) is 4.74 Å². The Labute approximate surface area is 133 Å². The molecule has 2 aromatic carbocycles. The normalized spacial score (nSPS) is 10.6. The van der Waals surface area contributed by atoms with Crippen molar-refractivity contribution >= 4 is 19.4 Å². The molecular formula is C19H20OSe. The van der Waals surface area contributed by atoms with Crippen LogP contribution in [0.25, 0.3) is 0 Å². The molecule has 0 heterocycles. The molecule has 0 atom stereocenters. The molecule has 0 unspecified atom stereocenters. The fourth-order valence-corrected chi connectivity index (χ4v) is 3.08. The molecule has 0 fully saturated rings. The summed E-state index contributed by atoms with van der Waals surface area (Å²) in [6, 6.07) is 18.6. The third-order valence-electron chi connectivity index (χ3n) is 2.98. The Morgan fingerprint density at radius 2 is 1.62 bits per heavy atom. The predicted molar refractivity (Wildman–Crippen MR) is 90.2 cm³/mol. The molecule has 2 aromatic rings. The number of rotatable bonds is 3. The first-order valence-electron chi connectivity index (χ1n) is 6.99. The van der Waals surface area contributed by atoms with E-state index in [2.05, 4.69) is 67.9 Å². The number of hydrogen-bond acceptors (Lipinski definition) is 1. The van der Waals surface area contributed by atoms with E-state index in [1.165, 1.54) is 10.0 Å². The summed E-state index contributed by atoms with van der Waals surface area (Å²) in [6.45, 7) is 7.03. The van der Waals surface area contributed by atoms with Gasteiger partial charge in [-0.1, -0.05) is 0 Å². The maximum atomic E-state index is 5.84. The van der Waals surface area contributed by atoms with Crippen LogP contribution in [0.3, 0.4) is 0 Å². The Morgan fingerprint density at radius 1 is 0.952 bits per heavy atom. The molecule has 108 valence electrons. The summed E-state index contributed by atoms with van der Waals surface area (Å²) in [5.41, 5.74) is 1.30. The quantitative estimate of drug-likeness (QED) is 0.613. The van der Waals surface area contributed by atoms with Crippen molar-refractivity contribution in [3.8, 4) is 16.5 Å². The van der Waals surface area contributed by atoms with Crippen LogP contribution in [0, 0.1) is 10.7 Å². The van der Waals surface area contributed by atoms with Gasteiger partial charge >= 0.3 is 134 Å². The SMILES string of the molecule is CC(C)(C)c1ccccc1OCC#C[Se]c1ccccc1. The van der Waals surface area contributed by atoms with Crippen LogP contribution in [-0.2, 0) is 5.41 Å². The van der Waals surface area contributed by atoms with E-state index in [0.717, 1.165) is 5.75 Å². The molecule has 2 rings (SSSR count). The summed E-state index contributed by atoms with van der Waals surface area (Å²) in [5, 5.41) is 0. The van der Waals surface area contributed by atoms with E-state index in [0.29, 0.717) is 6.61 Å². The Bertz CT molecular complexity index is 630. The molecule has 1 nitrogen and oxygen atoms in total. The van der Waals surface area contributed by atoms with E-state index in [1.54, 1.807) is 0 Å². The molecule has 0 aliphatic heterocycles. The molecule has 0 saturated heterocycles. The van der Waals surface area contributed by atoms with Crippen molar-refractivity contribution in [3.05, 3.63) is 60.2 Å². The Hall–Kier alpha value is -1.68. The topological polar surface area (TPSA) is 9.23 Å². The summed E-state index contributed by atoms with van der Waals surface area (Å²) < 4.78 is 7.14. The number of ether oxygens (including phenoxy) is 1. The molecule has 2 heteroatoms. The van der Waals surface area contributed by atoms with Gasteiger partial charge in [-0.15, -0.1) is 0 Å². The first-order chi connectivity index (χ1) is 10.1. The fourth-order valence-electron chi connectivity index (χ4n) is 1.94. The van der Waals surface area contributed by atoms with Crippen LogP contribution in [0.5, 0.6) is 5.75 Å². The molecule has 21 heavy (non-hydrogen) atoms. The van der Waals surface area contributed by atoms with Gasteiger partial charge in [0.05, 0.1) is 0 Å². The van der Waals surface area contributed by atoms with Gasteiger partial charge in [0.2, 0.25) is 0 Å².